The Bertz CT molecular complexity index is 1280. The molecule has 178 valence electrons. The van der Waals surface area contributed by atoms with Crippen molar-refractivity contribution in [2.24, 2.45) is 0 Å². The van der Waals surface area contributed by atoms with Gasteiger partial charge in [0.15, 0.2) is 0 Å². The third-order valence-electron chi connectivity index (χ3n) is 5.48. The summed E-state index contributed by atoms with van der Waals surface area (Å²) in [5.74, 6) is 1.92. The minimum atomic E-state index is -1.54. The molecule has 1 N–H and O–H groups in total. The fourth-order valence-electron chi connectivity index (χ4n) is 3.94. The van der Waals surface area contributed by atoms with Gasteiger partial charge in [0.2, 0.25) is 11.2 Å². The number of amides is 1. The van der Waals surface area contributed by atoms with Crippen LogP contribution in [0.25, 0.3) is 0 Å². The number of hydrogen-bond acceptors (Lipinski definition) is 5. The minimum absolute atomic E-state index is 0.0742. The summed E-state index contributed by atoms with van der Waals surface area (Å²) in [7, 11) is 0. The second-order valence-corrected chi connectivity index (χ2v) is 9.06. The molecule has 2 unspecified atom stereocenters. The highest BCUT2D eigenvalue weighted by Crippen LogP contribution is 2.41. The van der Waals surface area contributed by atoms with Crippen molar-refractivity contribution in [3.63, 3.8) is 0 Å². The van der Waals surface area contributed by atoms with Crippen molar-refractivity contribution in [1.29, 1.82) is 5.26 Å². The van der Waals surface area contributed by atoms with E-state index >= 15 is 0 Å². The van der Waals surface area contributed by atoms with Crippen molar-refractivity contribution in [2.45, 2.75) is 25.9 Å². The van der Waals surface area contributed by atoms with Gasteiger partial charge in [-0.3, -0.25) is 13.8 Å². The van der Waals surface area contributed by atoms with Gasteiger partial charge in [0, 0.05) is 5.56 Å². The third-order valence-corrected chi connectivity index (χ3v) is 6.62. The lowest BCUT2D eigenvalue weighted by molar-refractivity contribution is -0.117. The van der Waals surface area contributed by atoms with E-state index < -0.39 is 11.2 Å². The van der Waals surface area contributed by atoms with E-state index in [0.29, 0.717) is 22.7 Å². The molecule has 1 aliphatic carbocycles. The predicted molar refractivity (Wildman–Crippen MR) is 135 cm³/mol. The summed E-state index contributed by atoms with van der Waals surface area (Å²) in [5.41, 5.74) is 3.50. The summed E-state index contributed by atoms with van der Waals surface area (Å²) in [6, 6.07) is 22.4. The van der Waals surface area contributed by atoms with Crippen molar-refractivity contribution in [3.8, 4) is 23.3 Å². The Morgan fingerprint density at radius 3 is 2.43 bits per heavy atom. The van der Waals surface area contributed by atoms with Crippen LogP contribution in [0.2, 0.25) is 0 Å². The van der Waals surface area contributed by atoms with E-state index in [2.05, 4.69) is 23.4 Å². The molecule has 5 rings (SSSR count). The number of carbonyl (C=O) groups excluding carboxylic acids is 1. The fourth-order valence-corrected chi connectivity index (χ4v) is 4.86. The van der Waals surface area contributed by atoms with Crippen molar-refractivity contribution < 1.29 is 18.5 Å². The number of rotatable bonds is 5. The Labute approximate surface area is 207 Å². The summed E-state index contributed by atoms with van der Waals surface area (Å²) in [6.45, 7) is 5.32. The van der Waals surface area contributed by atoms with Gasteiger partial charge in [-0.05, 0) is 79.9 Å². The van der Waals surface area contributed by atoms with E-state index in [1.54, 1.807) is 42.5 Å². The lowest BCUT2D eigenvalue weighted by atomic mass is 10.1. The number of allylic oxidation sites excluding steroid dienone is 1. The first-order valence-corrected chi connectivity index (χ1v) is 12.3. The molecular weight excluding hydrogens is 462 g/mol. The van der Waals surface area contributed by atoms with Gasteiger partial charge in [-0.15, -0.1) is 6.58 Å². The molecule has 1 fully saturated rings. The molecule has 1 saturated heterocycles. The normalized spacial score (nSPS) is 17.9. The van der Waals surface area contributed by atoms with Crippen molar-refractivity contribution in [3.05, 3.63) is 96.1 Å². The molecule has 0 saturated carbocycles. The first-order valence-electron chi connectivity index (χ1n) is 11.1. The molecule has 2 atom stereocenters. The molecule has 2 aliphatic rings. The molecule has 1 heterocycles. The number of carbonyl (C=O) groups is 1. The standard InChI is InChI=1S/C24H19N3O4S.C3H6/c25-14-16-4-8-18(9-5-16)30-22-3-1-2-20-21(22)12-13-23(20)31-19-10-6-17(7-11-19)27-15-24(28)26-32(27)29;1-3-2/h1-11,23H,12-13,15H2,(H,26,28);3H,1H2,2H3. The molecule has 8 heteroatoms. The zero-order valence-electron chi connectivity index (χ0n) is 19.3. The molecule has 0 spiro atoms. The Morgan fingerprint density at radius 1 is 1.11 bits per heavy atom. The summed E-state index contributed by atoms with van der Waals surface area (Å²) in [5, 5.41) is 8.95. The summed E-state index contributed by atoms with van der Waals surface area (Å²) in [4.78, 5) is 11.4. The third kappa shape index (κ3) is 5.53. The Balaban J connectivity index is 0.000000917. The number of nitrogens with zero attached hydrogens (tertiary/aromatic N) is 2. The number of anilines is 1. The lowest BCUT2D eigenvalue weighted by Gasteiger charge is -2.17. The average molecular weight is 488 g/mol. The van der Waals surface area contributed by atoms with Gasteiger partial charge in [0.1, 0.15) is 29.9 Å². The van der Waals surface area contributed by atoms with Gasteiger partial charge in [0.05, 0.1) is 17.3 Å². The van der Waals surface area contributed by atoms with Crippen LogP contribution in [0.3, 0.4) is 0 Å². The number of ether oxygens (including phenoxy) is 2. The van der Waals surface area contributed by atoms with Gasteiger partial charge >= 0.3 is 0 Å². The van der Waals surface area contributed by atoms with Crippen molar-refractivity contribution >= 4 is 22.8 Å². The van der Waals surface area contributed by atoms with Gasteiger partial charge in [-0.25, -0.2) is 4.21 Å². The highest BCUT2D eigenvalue weighted by molar-refractivity contribution is 7.85. The number of nitriles is 1. The molecule has 0 radical (unpaired) electrons. The zero-order valence-corrected chi connectivity index (χ0v) is 20.1. The second kappa shape index (κ2) is 10.9. The quantitative estimate of drug-likeness (QED) is 0.504. The van der Waals surface area contributed by atoms with E-state index in [9.17, 15) is 9.00 Å². The Morgan fingerprint density at radius 2 is 1.80 bits per heavy atom. The largest absolute Gasteiger partial charge is 0.486 e. The van der Waals surface area contributed by atoms with Crippen LogP contribution in [0.4, 0.5) is 5.69 Å². The molecule has 3 aromatic carbocycles. The topological polar surface area (TPSA) is 91.7 Å². The molecule has 7 nitrogen and oxygen atoms in total. The molecular formula is C27H25N3O4S. The van der Waals surface area contributed by atoms with Crippen LogP contribution in [0.5, 0.6) is 17.2 Å². The monoisotopic (exact) mass is 487 g/mol. The first kappa shape index (κ1) is 24.0. The number of fused-ring (bicyclic) bond motifs is 1. The summed E-state index contributed by atoms with van der Waals surface area (Å²) >= 11 is -1.54. The zero-order chi connectivity index (χ0) is 24.8. The lowest BCUT2D eigenvalue weighted by Crippen LogP contribution is -2.22. The fraction of sp³-hybridized carbons (Fsp3) is 0.185. The second-order valence-electron chi connectivity index (χ2n) is 7.92. The summed E-state index contributed by atoms with van der Waals surface area (Å²) < 4.78 is 28.1. The van der Waals surface area contributed by atoms with Crippen LogP contribution in [-0.2, 0) is 22.4 Å². The number of nitrogens with one attached hydrogen (secondary N) is 1. The van der Waals surface area contributed by atoms with Crippen molar-refractivity contribution in [1.82, 2.24) is 4.72 Å². The van der Waals surface area contributed by atoms with E-state index in [0.717, 1.165) is 29.7 Å². The van der Waals surface area contributed by atoms with E-state index in [1.165, 1.54) is 4.31 Å². The van der Waals surface area contributed by atoms with Gasteiger partial charge in [0.25, 0.3) is 5.91 Å². The van der Waals surface area contributed by atoms with E-state index in [4.69, 9.17) is 14.7 Å². The first-order chi connectivity index (χ1) is 17.0. The van der Waals surface area contributed by atoms with Crippen LogP contribution in [0, 0.1) is 11.3 Å². The van der Waals surface area contributed by atoms with Gasteiger partial charge in [-0.1, -0.05) is 18.2 Å². The number of hydrogen-bond donors (Lipinski definition) is 1. The highest BCUT2D eigenvalue weighted by Gasteiger charge is 2.28. The SMILES string of the molecule is C=CC.N#Cc1ccc(Oc2cccc3c2CCC3Oc2ccc(N3CC(=O)NS3=O)cc2)cc1. The smallest absolute Gasteiger partial charge is 0.253 e. The van der Waals surface area contributed by atoms with Crippen LogP contribution in [0.1, 0.15) is 36.1 Å². The predicted octanol–water partition coefficient (Wildman–Crippen LogP) is 5.12. The maximum Gasteiger partial charge on any atom is 0.253 e. The maximum absolute atomic E-state index is 11.9. The van der Waals surface area contributed by atoms with Gasteiger partial charge in [-0.2, -0.15) is 5.26 Å². The van der Waals surface area contributed by atoms with Crippen LogP contribution < -0.4 is 18.5 Å². The van der Waals surface area contributed by atoms with Gasteiger partial charge < -0.3 is 9.47 Å². The molecule has 0 bridgehead atoms. The molecule has 3 aromatic rings. The van der Waals surface area contributed by atoms with E-state index in [-0.39, 0.29) is 18.6 Å². The Kier molecular flexibility index (Phi) is 7.48. The molecule has 0 aromatic heterocycles. The molecule has 1 amide bonds. The Hall–Kier alpha value is -4.09. The highest BCUT2D eigenvalue weighted by atomic mass is 32.2. The van der Waals surface area contributed by atoms with E-state index in [1.807, 2.05) is 31.2 Å². The maximum atomic E-state index is 11.9. The van der Waals surface area contributed by atoms with Crippen LogP contribution in [0.15, 0.2) is 79.4 Å². The molecule has 35 heavy (non-hydrogen) atoms. The molecule has 1 aliphatic heterocycles. The van der Waals surface area contributed by atoms with Crippen LogP contribution >= 0.6 is 0 Å². The average Bonchev–Trinajstić information content (AvgIpc) is 3.43. The summed E-state index contributed by atoms with van der Waals surface area (Å²) in [6.07, 6.45) is 3.33. The minimum Gasteiger partial charge on any atom is -0.486 e. The van der Waals surface area contributed by atoms with Crippen molar-refractivity contribution in [2.75, 3.05) is 10.8 Å². The number of benzene rings is 3. The van der Waals surface area contributed by atoms with Crippen LogP contribution in [-0.4, -0.2) is 16.7 Å².